The van der Waals surface area contributed by atoms with Gasteiger partial charge in [-0.2, -0.15) is 0 Å². The Labute approximate surface area is 202 Å². The number of primary amides is 1. The highest BCUT2D eigenvalue weighted by Gasteiger charge is 2.33. The second kappa shape index (κ2) is 14.0. The Bertz CT molecular complexity index is 873. The number of aromatic amines is 1. The fourth-order valence-corrected chi connectivity index (χ4v) is 3.15. The Balaban J connectivity index is 2.92. The second-order valence-corrected chi connectivity index (χ2v) is 8.71. The molecule has 4 amide bonds. The van der Waals surface area contributed by atoms with Crippen LogP contribution < -0.4 is 27.4 Å². The van der Waals surface area contributed by atoms with Crippen LogP contribution in [0.4, 0.5) is 0 Å². The van der Waals surface area contributed by atoms with Crippen LogP contribution in [-0.2, 0) is 30.4 Å². The number of aromatic nitrogens is 2. The van der Waals surface area contributed by atoms with E-state index in [0.29, 0.717) is 5.69 Å². The standard InChI is InChI=1S/C21H35N7O7/c1-10(2)6-14(19(32)27-15(21(34)35)7-12-8-24-9-25-12)26-20(33)17(11(3)29)28-18(31)13(22)4-5-16(23)30/h8-11,13-15,17,29H,4-7,22H2,1-3H3,(H2,23,30)(H,24,25)(H,26,33)(H,27,32)(H,28,31)(H,34,35). The molecule has 0 aromatic carbocycles. The zero-order valence-electron chi connectivity index (χ0n) is 20.0. The van der Waals surface area contributed by atoms with Crippen LogP contribution in [0.5, 0.6) is 0 Å². The van der Waals surface area contributed by atoms with Gasteiger partial charge in [-0.3, -0.25) is 19.2 Å². The van der Waals surface area contributed by atoms with Crippen LogP contribution in [0.15, 0.2) is 12.5 Å². The summed E-state index contributed by atoms with van der Waals surface area (Å²) < 4.78 is 0. The zero-order chi connectivity index (χ0) is 26.7. The van der Waals surface area contributed by atoms with Crippen molar-refractivity contribution in [1.29, 1.82) is 0 Å². The van der Waals surface area contributed by atoms with Crippen molar-refractivity contribution in [3.63, 3.8) is 0 Å². The molecule has 0 saturated heterocycles. The first-order chi connectivity index (χ1) is 16.3. The van der Waals surface area contributed by atoms with Crippen molar-refractivity contribution in [3.8, 4) is 0 Å². The first-order valence-corrected chi connectivity index (χ1v) is 11.1. The molecule has 1 aromatic heterocycles. The number of hydrogen-bond donors (Lipinski definition) is 8. The number of carbonyl (C=O) groups is 5. The SMILES string of the molecule is CC(C)CC(NC(=O)C(NC(=O)C(N)CCC(N)=O)C(C)O)C(=O)NC(Cc1cnc[nH]1)C(=O)O. The molecule has 1 aromatic rings. The number of hydrogen-bond acceptors (Lipinski definition) is 8. The van der Waals surface area contributed by atoms with Crippen LogP contribution in [0.25, 0.3) is 0 Å². The normalized spacial score (nSPS) is 15.4. The summed E-state index contributed by atoms with van der Waals surface area (Å²) in [6.45, 7) is 4.87. The summed E-state index contributed by atoms with van der Waals surface area (Å²) in [5.74, 6) is -4.38. The first kappa shape index (κ1) is 29.5. The smallest absolute Gasteiger partial charge is 0.326 e. The molecule has 0 radical (unpaired) electrons. The molecule has 0 saturated carbocycles. The lowest BCUT2D eigenvalue weighted by Crippen LogP contribution is -2.60. The van der Waals surface area contributed by atoms with E-state index in [0.717, 1.165) is 0 Å². The lowest BCUT2D eigenvalue weighted by atomic mass is 10.0. The molecule has 14 nitrogen and oxygen atoms in total. The maximum absolute atomic E-state index is 12.9. The summed E-state index contributed by atoms with van der Waals surface area (Å²) in [5, 5.41) is 26.7. The van der Waals surface area contributed by atoms with Crippen LogP contribution in [0.3, 0.4) is 0 Å². The number of aliphatic carboxylic acids is 1. The Hall–Kier alpha value is -3.52. The number of carbonyl (C=O) groups excluding carboxylic acids is 4. The van der Waals surface area contributed by atoms with Gasteiger partial charge in [-0.15, -0.1) is 0 Å². The fraction of sp³-hybridized carbons (Fsp3) is 0.619. The highest BCUT2D eigenvalue weighted by atomic mass is 16.4. The lowest BCUT2D eigenvalue weighted by Gasteiger charge is -2.27. The van der Waals surface area contributed by atoms with E-state index in [1.807, 2.05) is 0 Å². The zero-order valence-corrected chi connectivity index (χ0v) is 20.0. The van der Waals surface area contributed by atoms with Gasteiger partial charge in [-0.1, -0.05) is 13.8 Å². The Morgan fingerprint density at radius 3 is 2.14 bits per heavy atom. The molecule has 196 valence electrons. The van der Waals surface area contributed by atoms with Crippen molar-refractivity contribution in [3.05, 3.63) is 18.2 Å². The Morgan fingerprint density at radius 1 is 1.03 bits per heavy atom. The Morgan fingerprint density at radius 2 is 1.66 bits per heavy atom. The van der Waals surface area contributed by atoms with E-state index in [1.54, 1.807) is 13.8 Å². The summed E-state index contributed by atoms with van der Waals surface area (Å²) in [4.78, 5) is 67.2. The lowest BCUT2D eigenvalue weighted by molar-refractivity contribution is -0.142. The van der Waals surface area contributed by atoms with Crippen LogP contribution >= 0.6 is 0 Å². The van der Waals surface area contributed by atoms with Gasteiger partial charge in [0.15, 0.2) is 0 Å². The highest BCUT2D eigenvalue weighted by molar-refractivity contribution is 5.94. The van der Waals surface area contributed by atoms with Crippen molar-refractivity contribution in [1.82, 2.24) is 25.9 Å². The van der Waals surface area contributed by atoms with Gasteiger partial charge >= 0.3 is 5.97 Å². The van der Waals surface area contributed by atoms with Crippen molar-refractivity contribution in [2.45, 2.75) is 76.7 Å². The minimum Gasteiger partial charge on any atom is -0.480 e. The molecule has 0 spiro atoms. The van der Waals surface area contributed by atoms with Crippen LogP contribution in [0.1, 0.15) is 45.7 Å². The van der Waals surface area contributed by atoms with Crippen LogP contribution in [0.2, 0.25) is 0 Å². The van der Waals surface area contributed by atoms with Gasteiger partial charge in [0.1, 0.15) is 18.1 Å². The molecule has 0 aliphatic rings. The molecular formula is C21H35N7O7. The molecule has 5 atom stereocenters. The van der Waals surface area contributed by atoms with E-state index >= 15 is 0 Å². The summed E-state index contributed by atoms with van der Waals surface area (Å²) in [5.41, 5.74) is 11.2. The molecule has 0 fully saturated rings. The molecule has 10 N–H and O–H groups in total. The summed E-state index contributed by atoms with van der Waals surface area (Å²) in [6.07, 6.45) is 1.37. The average molecular weight is 498 g/mol. The number of nitrogens with two attached hydrogens (primary N) is 2. The number of carboxylic acid groups (broad SMARTS) is 1. The van der Waals surface area contributed by atoms with Gasteiger partial charge in [0.2, 0.25) is 23.6 Å². The number of nitrogens with one attached hydrogen (secondary N) is 4. The third-order valence-corrected chi connectivity index (χ3v) is 5.03. The molecular weight excluding hydrogens is 462 g/mol. The van der Waals surface area contributed by atoms with E-state index in [9.17, 15) is 34.2 Å². The summed E-state index contributed by atoms with van der Waals surface area (Å²) >= 11 is 0. The van der Waals surface area contributed by atoms with E-state index in [1.165, 1.54) is 19.4 Å². The molecule has 5 unspecified atom stereocenters. The molecule has 1 rings (SSSR count). The number of aliphatic hydroxyl groups is 1. The molecule has 35 heavy (non-hydrogen) atoms. The van der Waals surface area contributed by atoms with E-state index in [4.69, 9.17) is 11.5 Å². The minimum atomic E-state index is -1.45. The molecule has 0 bridgehead atoms. The maximum Gasteiger partial charge on any atom is 0.326 e. The Kier molecular flexibility index (Phi) is 11.8. The largest absolute Gasteiger partial charge is 0.480 e. The van der Waals surface area contributed by atoms with Gasteiger partial charge < -0.3 is 42.6 Å². The number of imidazole rings is 1. The minimum absolute atomic E-state index is 0.0550. The molecule has 14 heteroatoms. The first-order valence-electron chi connectivity index (χ1n) is 11.1. The number of rotatable bonds is 15. The number of aliphatic hydroxyl groups excluding tert-OH is 1. The predicted molar refractivity (Wildman–Crippen MR) is 123 cm³/mol. The van der Waals surface area contributed by atoms with Gasteiger partial charge in [-0.25, -0.2) is 9.78 Å². The van der Waals surface area contributed by atoms with Gasteiger partial charge in [0.25, 0.3) is 0 Å². The monoisotopic (exact) mass is 497 g/mol. The van der Waals surface area contributed by atoms with Crippen molar-refractivity contribution >= 4 is 29.6 Å². The number of carboxylic acids is 1. The summed E-state index contributed by atoms with van der Waals surface area (Å²) in [7, 11) is 0. The van der Waals surface area contributed by atoms with E-state index < -0.39 is 59.9 Å². The maximum atomic E-state index is 12.9. The average Bonchev–Trinajstić information content (AvgIpc) is 3.26. The van der Waals surface area contributed by atoms with Gasteiger partial charge in [0, 0.05) is 24.7 Å². The number of nitrogens with zero attached hydrogens (tertiary/aromatic N) is 1. The number of H-pyrrole nitrogens is 1. The van der Waals surface area contributed by atoms with Crippen molar-refractivity contribution < 1.29 is 34.2 Å². The summed E-state index contributed by atoms with van der Waals surface area (Å²) in [6, 6.07) is -5.03. The fourth-order valence-electron chi connectivity index (χ4n) is 3.15. The van der Waals surface area contributed by atoms with Gasteiger partial charge in [0.05, 0.1) is 18.5 Å². The topological polar surface area (TPSA) is 243 Å². The highest BCUT2D eigenvalue weighted by Crippen LogP contribution is 2.08. The number of amides is 4. The van der Waals surface area contributed by atoms with Crippen molar-refractivity contribution in [2.24, 2.45) is 17.4 Å². The third kappa shape index (κ3) is 10.5. The molecule has 1 heterocycles. The van der Waals surface area contributed by atoms with E-state index in [2.05, 4.69) is 25.9 Å². The van der Waals surface area contributed by atoms with Crippen LogP contribution in [0, 0.1) is 5.92 Å². The predicted octanol–water partition coefficient (Wildman–Crippen LogP) is -2.49. The quantitative estimate of drug-likeness (QED) is 0.128. The third-order valence-electron chi connectivity index (χ3n) is 5.03. The second-order valence-electron chi connectivity index (χ2n) is 8.71. The molecule has 0 aliphatic heterocycles. The van der Waals surface area contributed by atoms with Crippen LogP contribution in [-0.4, -0.2) is 80.1 Å². The van der Waals surface area contributed by atoms with Crippen molar-refractivity contribution in [2.75, 3.05) is 0 Å². The van der Waals surface area contributed by atoms with E-state index in [-0.39, 0.29) is 31.6 Å². The molecule has 0 aliphatic carbocycles. The van der Waals surface area contributed by atoms with Gasteiger partial charge in [-0.05, 0) is 25.7 Å².